The number of nitrogens with zero attached hydrogens (tertiary/aromatic N) is 1. The van der Waals surface area contributed by atoms with E-state index >= 15 is 0 Å². The normalized spacial score (nSPS) is 16.6. The van der Waals surface area contributed by atoms with Crippen molar-refractivity contribution in [2.24, 2.45) is 4.99 Å². The molecule has 1 saturated heterocycles. The molecule has 166 valence electrons. The molecule has 1 aromatic carbocycles. The van der Waals surface area contributed by atoms with Gasteiger partial charge in [-0.2, -0.15) is 0 Å². The van der Waals surface area contributed by atoms with Gasteiger partial charge in [0.15, 0.2) is 5.96 Å². The fourth-order valence-corrected chi connectivity index (χ4v) is 2.77. The third-order valence-corrected chi connectivity index (χ3v) is 4.16. The molecule has 0 amide bonds. The van der Waals surface area contributed by atoms with Gasteiger partial charge in [0, 0.05) is 32.6 Å². The van der Waals surface area contributed by atoms with E-state index in [-0.39, 0.29) is 36.2 Å². The van der Waals surface area contributed by atoms with Gasteiger partial charge in [0.1, 0.15) is 5.75 Å². The van der Waals surface area contributed by atoms with Gasteiger partial charge < -0.3 is 29.6 Å². The smallest absolute Gasteiger partial charge is 0.195 e. The molecule has 1 aliphatic heterocycles. The molecule has 0 bridgehead atoms. The molecule has 0 aromatic heterocycles. The number of benzene rings is 1. The Labute approximate surface area is 191 Å². The summed E-state index contributed by atoms with van der Waals surface area (Å²) in [7, 11) is 1.68. The van der Waals surface area contributed by atoms with E-state index in [0.29, 0.717) is 26.4 Å². The molecule has 8 heteroatoms. The average molecular weight is 521 g/mol. The number of anilines is 1. The number of ether oxygens (including phenoxy) is 4. The summed E-state index contributed by atoms with van der Waals surface area (Å²) in [6.07, 6.45) is 3.47. The fraction of sp³-hybridized carbons (Fsp3) is 0.667. The van der Waals surface area contributed by atoms with Crippen molar-refractivity contribution in [2.75, 3.05) is 51.9 Å². The van der Waals surface area contributed by atoms with Crippen LogP contribution in [-0.2, 0) is 14.2 Å². The van der Waals surface area contributed by atoms with Crippen molar-refractivity contribution in [3.63, 3.8) is 0 Å². The number of guanidine groups is 1. The van der Waals surface area contributed by atoms with E-state index < -0.39 is 0 Å². The first-order valence-electron chi connectivity index (χ1n) is 10.2. The Balaban J connectivity index is 0.00000420. The minimum Gasteiger partial charge on any atom is -0.491 e. The molecule has 1 unspecified atom stereocenters. The topological polar surface area (TPSA) is 73.3 Å². The maximum absolute atomic E-state index is 5.70. The Morgan fingerprint density at radius 1 is 1.21 bits per heavy atom. The van der Waals surface area contributed by atoms with E-state index in [1.54, 1.807) is 7.11 Å². The highest BCUT2D eigenvalue weighted by atomic mass is 127. The monoisotopic (exact) mass is 521 g/mol. The third-order valence-electron chi connectivity index (χ3n) is 4.16. The summed E-state index contributed by atoms with van der Waals surface area (Å²) in [4.78, 5) is 4.70. The molecule has 1 fully saturated rings. The SMILES string of the molecule is COCCOCCCNC(=NCC1CCCO1)Nc1ccc(OC(C)C)cc1.I. The predicted molar refractivity (Wildman–Crippen MR) is 128 cm³/mol. The van der Waals surface area contributed by atoms with Gasteiger partial charge >= 0.3 is 0 Å². The second-order valence-corrected chi connectivity index (χ2v) is 7.03. The van der Waals surface area contributed by atoms with Crippen LogP contribution in [0.5, 0.6) is 5.75 Å². The van der Waals surface area contributed by atoms with Gasteiger partial charge in [-0.1, -0.05) is 0 Å². The summed E-state index contributed by atoms with van der Waals surface area (Å²) in [5, 5.41) is 6.73. The van der Waals surface area contributed by atoms with Crippen LogP contribution >= 0.6 is 24.0 Å². The summed E-state index contributed by atoms with van der Waals surface area (Å²) in [6, 6.07) is 7.91. The quantitative estimate of drug-likeness (QED) is 0.189. The second kappa shape index (κ2) is 15.7. The Morgan fingerprint density at radius 2 is 2.00 bits per heavy atom. The number of methoxy groups -OCH3 is 1. The lowest BCUT2D eigenvalue weighted by Gasteiger charge is -2.15. The lowest BCUT2D eigenvalue weighted by molar-refractivity contribution is 0.0699. The van der Waals surface area contributed by atoms with E-state index in [9.17, 15) is 0 Å². The first-order valence-corrected chi connectivity index (χ1v) is 10.2. The van der Waals surface area contributed by atoms with Gasteiger partial charge in [0.2, 0.25) is 0 Å². The van der Waals surface area contributed by atoms with E-state index in [0.717, 1.165) is 49.8 Å². The van der Waals surface area contributed by atoms with Crippen molar-refractivity contribution in [1.29, 1.82) is 0 Å². The Morgan fingerprint density at radius 3 is 2.66 bits per heavy atom. The average Bonchev–Trinajstić information content (AvgIpc) is 3.20. The standard InChI is InChI=1S/C21H35N3O4.HI/c1-17(2)28-19-9-7-18(8-10-19)24-21(23-16-20-6-4-13-27-20)22-11-5-12-26-15-14-25-3;/h7-10,17,20H,4-6,11-16H2,1-3H3,(H2,22,23,24);1H. The van der Waals surface area contributed by atoms with Gasteiger partial charge in [0.05, 0.1) is 32.0 Å². The summed E-state index contributed by atoms with van der Waals surface area (Å²) < 4.78 is 21.8. The zero-order valence-electron chi connectivity index (χ0n) is 17.8. The first-order chi connectivity index (χ1) is 13.7. The molecule has 1 aromatic rings. The van der Waals surface area contributed by atoms with Gasteiger partial charge in [-0.05, 0) is 57.4 Å². The molecule has 0 spiro atoms. The van der Waals surface area contributed by atoms with Gasteiger partial charge in [-0.15, -0.1) is 24.0 Å². The molecule has 0 aliphatic carbocycles. The lowest BCUT2D eigenvalue weighted by Crippen LogP contribution is -2.33. The molecule has 29 heavy (non-hydrogen) atoms. The highest BCUT2D eigenvalue weighted by Crippen LogP contribution is 2.17. The molecule has 0 saturated carbocycles. The predicted octanol–water partition coefficient (Wildman–Crippen LogP) is 3.68. The number of halogens is 1. The number of rotatable bonds is 12. The fourth-order valence-electron chi connectivity index (χ4n) is 2.77. The molecular formula is C21H36IN3O4. The van der Waals surface area contributed by atoms with Crippen LogP contribution in [0.2, 0.25) is 0 Å². The van der Waals surface area contributed by atoms with Gasteiger partial charge in [-0.25, -0.2) is 0 Å². The van der Waals surface area contributed by atoms with Crippen LogP contribution < -0.4 is 15.4 Å². The molecule has 1 aliphatic rings. The molecule has 1 heterocycles. The largest absolute Gasteiger partial charge is 0.491 e. The summed E-state index contributed by atoms with van der Waals surface area (Å²) >= 11 is 0. The van der Waals surface area contributed by atoms with Crippen molar-refractivity contribution in [3.05, 3.63) is 24.3 Å². The molecule has 7 nitrogen and oxygen atoms in total. The van der Waals surface area contributed by atoms with E-state index in [1.165, 1.54) is 0 Å². The summed E-state index contributed by atoms with van der Waals surface area (Å²) in [6.45, 7) is 8.26. The zero-order valence-corrected chi connectivity index (χ0v) is 20.1. The van der Waals surface area contributed by atoms with Crippen LogP contribution in [0.3, 0.4) is 0 Å². The van der Waals surface area contributed by atoms with E-state index in [2.05, 4.69) is 10.6 Å². The van der Waals surface area contributed by atoms with Crippen LogP contribution in [-0.4, -0.2) is 64.8 Å². The second-order valence-electron chi connectivity index (χ2n) is 7.03. The summed E-state index contributed by atoms with van der Waals surface area (Å²) in [5.41, 5.74) is 0.964. The third kappa shape index (κ3) is 11.6. The van der Waals surface area contributed by atoms with Gasteiger partial charge in [0.25, 0.3) is 0 Å². The molecule has 1 atom stereocenters. The minimum atomic E-state index is 0. The van der Waals surface area contributed by atoms with Crippen LogP contribution in [0, 0.1) is 0 Å². The molecule has 2 N–H and O–H groups in total. The van der Waals surface area contributed by atoms with Gasteiger partial charge in [-0.3, -0.25) is 4.99 Å². The van der Waals surface area contributed by atoms with Crippen LogP contribution in [0.15, 0.2) is 29.3 Å². The van der Waals surface area contributed by atoms with Crippen molar-refractivity contribution >= 4 is 35.6 Å². The van der Waals surface area contributed by atoms with Crippen molar-refractivity contribution in [1.82, 2.24) is 5.32 Å². The highest BCUT2D eigenvalue weighted by Gasteiger charge is 2.15. The molecular weight excluding hydrogens is 485 g/mol. The van der Waals surface area contributed by atoms with Crippen molar-refractivity contribution < 1.29 is 18.9 Å². The number of nitrogens with one attached hydrogen (secondary N) is 2. The minimum absolute atomic E-state index is 0. The van der Waals surface area contributed by atoms with Crippen molar-refractivity contribution in [3.8, 4) is 5.75 Å². The maximum Gasteiger partial charge on any atom is 0.195 e. The van der Waals surface area contributed by atoms with Crippen LogP contribution in [0.1, 0.15) is 33.1 Å². The van der Waals surface area contributed by atoms with E-state index in [1.807, 2.05) is 38.1 Å². The first kappa shape index (κ1) is 25.9. The zero-order chi connectivity index (χ0) is 20.0. The number of aliphatic imine (C=N–C) groups is 1. The highest BCUT2D eigenvalue weighted by molar-refractivity contribution is 14.0. The van der Waals surface area contributed by atoms with Crippen LogP contribution in [0.4, 0.5) is 5.69 Å². The molecule has 0 radical (unpaired) electrons. The number of hydrogen-bond acceptors (Lipinski definition) is 5. The van der Waals surface area contributed by atoms with Crippen LogP contribution in [0.25, 0.3) is 0 Å². The van der Waals surface area contributed by atoms with E-state index in [4.69, 9.17) is 23.9 Å². The number of hydrogen-bond donors (Lipinski definition) is 2. The Hall–Kier alpha value is -1.10. The lowest BCUT2D eigenvalue weighted by atomic mass is 10.2. The van der Waals surface area contributed by atoms with Crippen molar-refractivity contribution in [2.45, 2.75) is 45.3 Å². The summed E-state index contributed by atoms with van der Waals surface area (Å²) in [5.74, 6) is 1.62. The maximum atomic E-state index is 5.70. The Bertz CT molecular complexity index is 564. The molecule has 2 rings (SSSR count). The Kier molecular flexibility index (Phi) is 14.0.